The second-order valence-corrected chi connectivity index (χ2v) is 15.7. The highest BCUT2D eigenvalue weighted by molar-refractivity contribution is 6.33. The molecule has 12 aromatic rings. The number of aromatic nitrogens is 1. The number of anilines is 3. The van der Waals surface area contributed by atoms with Crippen LogP contribution in [0.2, 0.25) is 0 Å². The van der Waals surface area contributed by atoms with E-state index in [0.29, 0.717) is 0 Å². The minimum Gasteiger partial charge on any atom is -0.311 e. The molecule has 1 heterocycles. The van der Waals surface area contributed by atoms with Gasteiger partial charge in [-0.2, -0.15) is 0 Å². The lowest BCUT2D eigenvalue weighted by Crippen LogP contribution is -2.09. The molecule has 0 amide bonds. The van der Waals surface area contributed by atoms with E-state index in [2.05, 4.69) is 240 Å². The van der Waals surface area contributed by atoms with Crippen LogP contribution in [0.5, 0.6) is 0 Å². The molecule has 0 aliphatic carbocycles. The van der Waals surface area contributed by atoms with Gasteiger partial charge in [-0.3, -0.25) is 0 Å². The van der Waals surface area contributed by atoms with Crippen molar-refractivity contribution >= 4 is 71.2 Å². The highest BCUT2D eigenvalue weighted by Crippen LogP contribution is 2.44. The zero-order valence-corrected chi connectivity index (χ0v) is 32.8. The second-order valence-electron chi connectivity index (χ2n) is 15.7. The molecule has 60 heavy (non-hydrogen) atoms. The predicted octanol–water partition coefficient (Wildman–Crippen LogP) is 16.2. The standard InChI is InChI=1S/C58H38N2/c1-4-11-39(12-5-1)41-21-29-49(30-22-41)59(50-31-23-42(24-32-50)40-13-6-2-7-14-40)51-33-25-43(26-34-51)46-28-35-52-54(37-46)60(48-17-8-3-9-18-48)55-38-47-20-19-44-15-10-16-45-27-36-53(58(52)55)57(47)56(44)45/h1-38H. The first-order chi connectivity index (χ1) is 29.7. The van der Waals surface area contributed by atoms with Crippen LogP contribution in [-0.2, 0) is 0 Å². The third-order valence-corrected chi connectivity index (χ3v) is 12.3. The topological polar surface area (TPSA) is 8.17 Å². The average molecular weight is 763 g/mol. The smallest absolute Gasteiger partial charge is 0.0553 e. The number of hydrogen-bond donors (Lipinski definition) is 0. The summed E-state index contributed by atoms with van der Waals surface area (Å²) in [4.78, 5) is 2.35. The highest BCUT2D eigenvalue weighted by atomic mass is 15.1. The summed E-state index contributed by atoms with van der Waals surface area (Å²) in [6.45, 7) is 0. The van der Waals surface area contributed by atoms with E-state index in [9.17, 15) is 0 Å². The van der Waals surface area contributed by atoms with Crippen molar-refractivity contribution in [3.63, 3.8) is 0 Å². The Bertz CT molecular complexity index is 3380. The van der Waals surface area contributed by atoms with Crippen LogP contribution in [0.4, 0.5) is 17.1 Å². The molecule has 11 aromatic carbocycles. The summed E-state index contributed by atoms with van der Waals surface area (Å²) in [7, 11) is 0. The molecule has 0 N–H and O–H groups in total. The molecule has 0 spiro atoms. The van der Waals surface area contributed by atoms with Gasteiger partial charge >= 0.3 is 0 Å². The summed E-state index contributed by atoms with van der Waals surface area (Å²) in [5, 5.41) is 10.4. The van der Waals surface area contributed by atoms with Gasteiger partial charge in [0.15, 0.2) is 0 Å². The van der Waals surface area contributed by atoms with Gasteiger partial charge in [0.05, 0.1) is 11.0 Å². The maximum atomic E-state index is 2.46. The Labute approximate surface area is 348 Å². The zero-order chi connectivity index (χ0) is 39.6. The molecule has 1 aromatic heterocycles. The number of nitrogens with zero attached hydrogens (tertiary/aromatic N) is 2. The van der Waals surface area contributed by atoms with Crippen molar-refractivity contribution in [2.24, 2.45) is 0 Å². The molecule has 0 fully saturated rings. The molecule has 12 rings (SSSR count). The van der Waals surface area contributed by atoms with Crippen LogP contribution in [0.3, 0.4) is 0 Å². The Balaban J connectivity index is 0.985. The van der Waals surface area contributed by atoms with E-state index >= 15 is 0 Å². The zero-order valence-electron chi connectivity index (χ0n) is 32.8. The lowest BCUT2D eigenvalue weighted by atomic mass is 9.92. The summed E-state index contributed by atoms with van der Waals surface area (Å²) in [5.41, 5.74) is 14.1. The van der Waals surface area contributed by atoms with Gasteiger partial charge in [-0.1, -0.05) is 170 Å². The van der Waals surface area contributed by atoms with Gasteiger partial charge < -0.3 is 9.47 Å². The summed E-state index contributed by atoms with van der Waals surface area (Å²) in [6.07, 6.45) is 0. The lowest BCUT2D eigenvalue weighted by Gasteiger charge is -2.26. The second kappa shape index (κ2) is 13.9. The number of benzene rings is 11. The van der Waals surface area contributed by atoms with Gasteiger partial charge in [0.25, 0.3) is 0 Å². The molecule has 0 atom stereocenters. The van der Waals surface area contributed by atoms with Crippen molar-refractivity contribution in [2.45, 2.75) is 0 Å². The minimum absolute atomic E-state index is 1.10. The molecule has 0 aliphatic rings. The van der Waals surface area contributed by atoms with Gasteiger partial charge in [-0.05, 0) is 126 Å². The number of rotatable bonds is 7. The van der Waals surface area contributed by atoms with Crippen LogP contribution in [0, 0.1) is 0 Å². The van der Waals surface area contributed by atoms with E-state index in [1.54, 1.807) is 0 Å². The van der Waals surface area contributed by atoms with Crippen LogP contribution in [0.25, 0.3) is 93.2 Å². The molecular weight excluding hydrogens is 725 g/mol. The SMILES string of the molecule is c1ccc(-c2ccc(N(c3ccc(-c4ccccc4)cc3)c3ccc(-c4ccc5c6c7ccc8cccc9ccc(cc6n(-c6ccccc6)c5c4)c7c98)cc3)cc2)cc1. The van der Waals surface area contributed by atoms with Crippen molar-refractivity contribution < 1.29 is 0 Å². The molecule has 280 valence electrons. The summed E-state index contributed by atoms with van der Waals surface area (Å²) >= 11 is 0. The first-order valence-corrected chi connectivity index (χ1v) is 20.7. The number of hydrogen-bond acceptors (Lipinski definition) is 1. The average Bonchev–Trinajstić information content (AvgIpc) is 3.65. The fourth-order valence-corrected chi connectivity index (χ4v) is 9.46. The van der Waals surface area contributed by atoms with Crippen LogP contribution in [0.15, 0.2) is 231 Å². The van der Waals surface area contributed by atoms with Crippen LogP contribution in [-0.4, -0.2) is 4.57 Å². The molecule has 0 aliphatic heterocycles. The first-order valence-electron chi connectivity index (χ1n) is 20.7. The van der Waals surface area contributed by atoms with Gasteiger partial charge in [-0.15, -0.1) is 0 Å². The Morgan fingerprint density at radius 1 is 0.267 bits per heavy atom. The van der Waals surface area contributed by atoms with Crippen molar-refractivity contribution in [2.75, 3.05) is 4.90 Å². The van der Waals surface area contributed by atoms with E-state index in [-0.39, 0.29) is 0 Å². The summed E-state index contributed by atoms with van der Waals surface area (Å²) in [6, 6.07) is 84.1. The minimum atomic E-state index is 1.10. The van der Waals surface area contributed by atoms with Crippen LogP contribution in [0.1, 0.15) is 0 Å². The Morgan fingerprint density at radius 2 is 0.717 bits per heavy atom. The molecule has 0 unspecified atom stereocenters. The fraction of sp³-hybridized carbons (Fsp3) is 0. The normalized spacial score (nSPS) is 11.7. The van der Waals surface area contributed by atoms with E-state index < -0.39 is 0 Å². The van der Waals surface area contributed by atoms with E-state index in [4.69, 9.17) is 0 Å². The molecular formula is C58H38N2. The van der Waals surface area contributed by atoms with Gasteiger partial charge in [0.2, 0.25) is 0 Å². The summed E-state index contributed by atoms with van der Waals surface area (Å²) < 4.78 is 2.46. The quantitative estimate of drug-likeness (QED) is 0.147. The summed E-state index contributed by atoms with van der Waals surface area (Å²) in [5.74, 6) is 0. The maximum Gasteiger partial charge on any atom is 0.0553 e. The Morgan fingerprint density at radius 3 is 1.28 bits per heavy atom. The van der Waals surface area contributed by atoms with Gasteiger partial charge in [0, 0.05) is 33.5 Å². The van der Waals surface area contributed by atoms with Crippen LogP contribution < -0.4 is 4.90 Å². The Hall–Kier alpha value is -7.94. The van der Waals surface area contributed by atoms with Crippen LogP contribution >= 0.6 is 0 Å². The largest absolute Gasteiger partial charge is 0.311 e. The van der Waals surface area contributed by atoms with Crippen molar-refractivity contribution in [1.29, 1.82) is 0 Å². The molecule has 0 saturated heterocycles. The Kier molecular flexibility index (Phi) is 7.89. The third-order valence-electron chi connectivity index (χ3n) is 12.3. The predicted molar refractivity (Wildman–Crippen MR) is 255 cm³/mol. The monoisotopic (exact) mass is 762 g/mol. The highest BCUT2D eigenvalue weighted by Gasteiger charge is 2.20. The van der Waals surface area contributed by atoms with Crippen molar-refractivity contribution in [3.8, 4) is 39.1 Å². The number of para-hydroxylation sites is 1. The lowest BCUT2D eigenvalue weighted by molar-refractivity contribution is 1.18. The fourth-order valence-electron chi connectivity index (χ4n) is 9.46. The third kappa shape index (κ3) is 5.57. The molecule has 0 saturated carbocycles. The van der Waals surface area contributed by atoms with Gasteiger partial charge in [0.1, 0.15) is 0 Å². The molecule has 2 nitrogen and oxygen atoms in total. The number of fused-ring (bicyclic) bond motifs is 4. The first kappa shape index (κ1) is 34.1. The van der Waals surface area contributed by atoms with E-state index in [0.717, 1.165) is 22.7 Å². The molecule has 2 heteroatoms. The van der Waals surface area contributed by atoms with Crippen molar-refractivity contribution in [3.05, 3.63) is 231 Å². The van der Waals surface area contributed by atoms with Gasteiger partial charge in [-0.25, -0.2) is 0 Å². The van der Waals surface area contributed by atoms with E-state index in [1.165, 1.54) is 87.5 Å². The van der Waals surface area contributed by atoms with E-state index in [1.807, 2.05) is 0 Å². The molecule has 0 bridgehead atoms. The molecule has 0 radical (unpaired) electrons. The maximum absolute atomic E-state index is 2.46. The van der Waals surface area contributed by atoms with Crippen molar-refractivity contribution in [1.82, 2.24) is 4.57 Å².